The molecule has 0 aromatic rings. The Labute approximate surface area is 90.1 Å². The molecule has 3 heteroatoms. The summed E-state index contributed by atoms with van der Waals surface area (Å²) < 4.78 is 11.3. The molecule has 1 heterocycles. The van der Waals surface area contributed by atoms with E-state index < -0.39 is 0 Å². The van der Waals surface area contributed by atoms with Crippen LogP contribution in [0, 0.1) is 17.3 Å². The van der Waals surface area contributed by atoms with Gasteiger partial charge in [0, 0.05) is 12.5 Å². The van der Waals surface area contributed by atoms with E-state index in [2.05, 4.69) is 6.92 Å². The van der Waals surface area contributed by atoms with Crippen LogP contribution in [0.15, 0.2) is 0 Å². The monoisotopic (exact) mass is 210 g/mol. The summed E-state index contributed by atoms with van der Waals surface area (Å²) in [6.07, 6.45) is 3.49. The molecule has 3 saturated carbocycles. The molecule has 3 nitrogen and oxygen atoms in total. The Morgan fingerprint density at radius 3 is 3.13 bits per heavy atom. The van der Waals surface area contributed by atoms with Gasteiger partial charge in [0.05, 0.1) is 5.92 Å². The van der Waals surface area contributed by atoms with Gasteiger partial charge in [0.1, 0.15) is 12.2 Å². The maximum atomic E-state index is 11.7. The van der Waals surface area contributed by atoms with E-state index in [1.807, 2.05) is 6.92 Å². The number of esters is 1. The van der Waals surface area contributed by atoms with Gasteiger partial charge in [0.2, 0.25) is 0 Å². The van der Waals surface area contributed by atoms with E-state index in [-0.39, 0.29) is 29.5 Å². The molecule has 0 radical (unpaired) electrons. The maximum Gasteiger partial charge on any atom is 0.309 e. The molecule has 84 valence electrons. The predicted octanol–water partition coefficient (Wildman–Crippen LogP) is 1.75. The van der Waals surface area contributed by atoms with Crippen molar-refractivity contribution in [3.63, 3.8) is 0 Å². The minimum atomic E-state index is 0.0260. The van der Waals surface area contributed by atoms with Crippen molar-refractivity contribution >= 4 is 5.97 Å². The molecule has 15 heavy (non-hydrogen) atoms. The zero-order chi connectivity index (χ0) is 10.6. The second-order valence-corrected chi connectivity index (χ2v) is 5.44. The SMILES string of the molecule is CCOC1C2OC(=O)C3C[C@]1(C)CCC32. The van der Waals surface area contributed by atoms with Crippen molar-refractivity contribution in [2.24, 2.45) is 17.3 Å². The molecule has 4 bridgehead atoms. The van der Waals surface area contributed by atoms with Crippen molar-refractivity contribution in [3.8, 4) is 0 Å². The number of hydrogen-bond acceptors (Lipinski definition) is 3. The van der Waals surface area contributed by atoms with E-state index in [0.717, 1.165) is 12.8 Å². The van der Waals surface area contributed by atoms with Gasteiger partial charge in [-0.15, -0.1) is 0 Å². The first-order chi connectivity index (χ1) is 7.15. The van der Waals surface area contributed by atoms with Crippen LogP contribution in [0.4, 0.5) is 0 Å². The highest BCUT2D eigenvalue weighted by molar-refractivity contribution is 5.76. The highest BCUT2D eigenvalue weighted by atomic mass is 16.6. The first-order valence-electron chi connectivity index (χ1n) is 5.98. The Kier molecular flexibility index (Phi) is 1.91. The van der Waals surface area contributed by atoms with Crippen molar-refractivity contribution in [1.29, 1.82) is 0 Å². The summed E-state index contributed by atoms with van der Waals surface area (Å²) >= 11 is 0. The van der Waals surface area contributed by atoms with Gasteiger partial charge in [-0.1, -0.05) is 6.92 Å². The maximum absolute atomic E-state index is 11.7. The van der Waals surface area contributed by atoms with Crippen LogP contribution in [0.25, 0.3) is 0 Å². The summed E-state index contributed by atoms with van der Waals surface area (Å²) in [6, 6.07) is 0. The Morgan fingerprint density at radius 1 is 1.60 bits per heavy atom. The van der Waals surface area contributed by atoms with Gasteiger partial charge in [-0.05, 0) is 31.6 Å². The molecule has 0 aromatic carbocycles. The van der Waals surface area contributed by atoms with Gasteiger partial charge in [0.15, 0.2) is 0 Å². The van der Waals surface area contributed by atoms with Crippen LogP contribution in [-0.2, 0) is 14.3 Å². The number of fused-ring (bicyclic) bond motifs is 1. The summed E-state index contributed by atoms with van der Waals surface area (Å²) in [7, 11) is 0. The number of hydrogen-bond donors (Lipinski definition) is 0. The Morgan fingerprint density at radius 2 is 2.40 bits per heavy atom. The van der Waals surface area contributed by atoms with Crippen molar-refractivity contribution in [2.75, 3.05) is 6.61 Å². The smallest absolute Gasteiger partial charge is 0.309 e. The van der Waals surface area contributed by atoms with Crippen molar-refractivity contribution in [2.45, 2.75) is 45.3 Å². The largest absolute Gasteiger partial charge is 0.459 e. The average Bonchev–Trinajstić information content (AvgIpc) is 2.47. The van der Waals surface area contributed by atoms with Crippen LogP contribution >= 0.6 is 0 Å². The van der Waals surface area contributed by atoms with Gasteiger partial charge in [0.25, 0.3) is 0 Å². The molecule has 0 amide bonds. The fourth-order valence-electron chi connectivity index (χ4n) is 3.83. The summed E-state index contributed by atoms with van der Waals surface area (Å²) in [5, 5.41) is 0. The number of carbonyl (C=O) groups excluding carboxylic acids is 1. The molecule has 1 aliphatic heterocycles. The third kappa shape index (κ3) is 1.13. The third-order valence-corrected chi connectivity index (χ3v) is 4.56. The van der Waals surface area contributed by atoms with E-state index >= 15 is 0 Å². The average molecular weight is 210 g/mol. The fraction of sp³-hybridized carbons (Fsp3) is 0.917. The topological polar surface area (TPSA) is 35.5 Å². The van der Waals surface area contributed by atoms with Crippen LogP contribution in [0.3, 0.4) is 0 Å². The fourth-order valence-corrected chi connectivity index (χ4v) is 3.83. The Bertz CT molecular complexity index is 301. The Hall–Kier alpha value is -0.570. The lowest BCUT2D eigenvalue weighted by atomic mass is 9.55. The van der Waals surface area contributed by atoms with E-state index in [1.54, 1.807) is 0 Å². The number of ether oxygens (including phenoxy) is 2. The highest BCUT2D eigenvalue weighted by Crippen LogP contribution is 2.58. The first kappa shape index (κ1) is 9.64. The summed E-state index contributed by atoms with van der Waals surface area (Å²) in [5.41, 5.74) is 0.173. The third-order valence-electron chi connectivity index (χ3n) is 4.56. The van der Waals surface area contributed by atoms with Gasteiger partial charge < -0.3 is 9.47 Å². The second kappa shape index (κ2) is 2.97. The molecule has 3 aliphatic carbocycles. The molecule has 0 aromatic heterocycles. The van der Waals surface area contributed by atoms with E-state index in [0.29, 0.717) is 12.5 Å². The quantitative estimate of drug-likeness (QED) is 0.651. The molecular formula is C12H18O3. The minimum absolute atomic E-state index is 0.0260. The molecule has 4 unspecified atom stereocenters. The zero-order valence-electron chi connectivity index (χ0n) is 9.36. The second-order valence-electron chi connectivity index (χ2n) is 5.44. The van der Waals surface area contributed by atoms with Crippen molar-refractivity contribution < 1.29 is 14.3 Å². The van der Waals surface area contributed by atoms with E-state index in [1.165, 1.54) is 6.42 Å². The lowest BCUT2D eigenvalue weighted by molar-refractivity contribution is -0.165. The first-order valence-corrected chi connectivity index (χ1v) is 5.98. The van der Waals surface area contributed by atoms with Crippen molar-refractivity contribution in [3.05, 3.63) is 0 Å². The highest BCUT2D eigenvalue weighted by Gasteiger charge is 2.63. The van der Waals surface area contributed by atoms with Gasteiger partial charge in [-0.25, -0.2) is 0 Å². The summed E-state index contributed by atoms with van der Waals surface area (Å²) in [4.78, 5) is 11.7. The van der Waals surface area contributed by atoms with E-state index in [4.69, 9.17) is 9.47 Å². The lowest BCUT2D eigenvalue weighted by Crippen LogP contribution is -2.55. The molecular weight excluding hydrogens is 192 g/mol. The molecule has 4 aliphatic rings. The molecule has 5 atom stereocenters. The standard InChI is InChI=1S/C12H18O3/c1-3-14-10-9-7-4-5-12(10,2)6-8(7)11(13)15-9/h7-10H,3-6H2,1-2H3/t7?,8?,9?,10?,12-/m0/s1. The Balaban J connectivity index is 1.95. The number of carbonyl (C=O) groups is 1. The van der Waals surface area contributed by atoms with Gasteiger partial charge in [-0.2, -0.15) is 0 Å². The van der Waals surface area contributed by atoms with Crippen LogP contribution in [-0.4, -0.2) is 24.8 Å². The molecule has 0 spiro atoms. The predicted molar refractivity (Wildman–Crippen MR) is 54.2 cm³/mol. The minimum Gasteiger partial charge on any atom is -0.459 e. The molecule has 0 N–H and O–H groups in total. The normalized spacial score (nSPS) is 52.0. The van der Waals surface area contributed by atoms with Crippen molar-refractivity contribution in [1.82, 2.24) is 0 Å². The van der Waals surface area contributed by atoms with Crippen LogP contribution < -0.4 is 0 Å². The van der Waals surface area contributed by atoms with Crippen LogP contribution in [0.2, 0.25) is 0 Å². The van der Waals surface area contributed by atoms with Gasteiger partial charge >= 0.3 is 5.97 Å². The van der Waals surface area contributed by atoms with Crippen LogP contribution in [0.5, 0.6) is 0 Å². The zero-order valence-corrected chi connectivity index (χ0v) is 9.36. The lowest BCUT2D eigenvalue weighted by Gasteiger charge is -2.51. The molecule has 1 saturated heterocycles. The number of rotatable bonds is 2. The molecule has 4 rings (SSSR count). The van der Waals surface area contributed by atoms with Crippen LogP contribution in [0.1, 0.15) is 33.1 Å². The summed E-state index contributed by atoms with van der Waals surface area (Å²) in [5.74, 6) is 0.638. The van der Waals surface area contributed by atoms with Gasteiger partial charge in [-0.3, -0.25) is 4.79 Å². The molecule has 4 fully saturated rings. The van der Waals surface area contributed by atoms with E-state index in [9.17, 15) is 4.79 Å². The summed E-state index contributed by atoms with van der Waals surface area (Å²) in [6.45, 7) is 4.98.